The Morgan fingerprint density at radius 2 is 1.88 bits per heavy atom. The number of halogens is 2. The number of alkyl halides is 1. The fraction of sp³-hybridized carbons (Fsp3) is 0.211. The van der Waals surface area contributed by atoms with Crippen molar-refractivity contribution in [2.75, 3.05) is 6.26 Å². The van der Waals surface area contributed by atoms with E-state index < -0.39 is 12.6 Å². The van der Waals surface area contributed by atoms with E-state index in [4.69, 9.17) is 11.6 Å². The summed E-state index contributed by atoms with van der Waals surface area (Å²) in [5, 5.41) is 10.9. The molecule has 0 saturated carbocycles. The summed E-state index contributed by atoms with van der Waals surface area (Å²) in [4.78, 5) is 12.3. The van der Waals surface area contributed by atoms with Crippen molar-refractivity contribution in [1.82, 2.24) is 4.57 Å². The number of thioether (sulfide) groups is 1. The summed E-state index contributed by atoms with van der Waals surface area (Å²) in [5.74, 6) is -0.888. The summed E-state index contributed by atoms with van der Waals surface area (Å²) < 4.78 is 15.1. The molecule has 0 aliphatic heterocycles. The first-order valence-corrected chi connectivity index (χ1v) is 9.34. The Kier molecular flexibility index (Phi) is 5.35. The third-order valence-corrected chi connectivity index (χ3v) is 5.23. The van der Waals surface area contributed by atoms with Crippen molar-refractivity contribution in [1.29, 1.82) is 0 Å². The molecule has 3 aromatic rings. The van der Waals surface area contributed by atoms with Gasteiger partial charge < -0.3 is 9.67 Å². The molecular formula is C19H17ClFNO2S. The molecular weight excluding hydrogens is 361 g/mol. The molecule has 0 atom stereocenters. The molecule has 1 heterocycles. The Morgan fingerprint density at radius 1 is 1.20 bits per heavy atom. The number of fused-ring (bicyclic) bond motifs is 1. The largest absolute Gasteiger partial charge is 0.481 e. The predicted molar refractivity (Wildman–Crippen MR) is 100 cm³/mol. The fourth-order valence-electron chi connectivity index (χ4n) is 3.01. The highest BCUT2D eigenvalue weighted by molar-refractivity contribution is 7.98. The summed E-state index contributed by atoms with van der Waals surface area (Å²) >= 11 is 7.44. The van der Waals surface area contributed by atoms with Crippen LogP contribution in [-0.4, -0.2) is 21.9 Å². The Labute approximate surface area is 154 Å². The topological polar surface area (TPSA) is 42.2 Å². The van der Waals surface area contributed by atoms with Gasteiger partial charge in [0.2, 0.25) is 0 Å². The van der Waals surface area contributed by atoms with Crippen molar-refractivity contribution in [3.05, 3.63) is 64.3 Å². The van der Waals surface area contributed by atoms with Gasteiger partial charge in [-0.25, -0.2) is 4.39 Å². The van der Waals surface area contributed by atoms with E-state index in [0.29, 0.717) is 17.1 Å². The molecule has 0 radical (unpaired) electrons. The Bertz CT molecular complexity index is 921. The van der Waals surface area contributed by atoms with Crippen LogP contribution in [0.5, 0.6) is 0 Å². The first-order chi connectivity index (χ1) is 12.0. The average molecular weight is 378 g/mol. The molecule has 0 fully saturated rings. The van der Waals surface area contributed by atoms with Gasteiger partial charge >= 0.3 is 5.97 Å². The van der Waals surface area contributed by atoms with E-state index in [1.165, 1.54) is 11.8 Å². The SMILES string of the molecule is CSc1c(CC(=O)O)n(Cc2ccc(Cl)cc2)c2ccc(CF)cc12. The molecule has 1 aromatic heterocycles. The van der Waals surface area contributed by atoms with Gasteiger partial charge in [-0.2, -0.15) is 0 Å². The van der Waals surface area contributed by atoms with Crippen LogP contribution in [0.1, 0.15) is 16.8 Å². The monoisotopic (exact) mass is 377 g/mol. The summed E-state index contributed by atoms with van der Waals surface area (Å²) in [6.45, 7) is -0.00774. The van der Waals surface area contributed by atoms with Crippen LogP contribution in [0.25, 0.3) is 10.9 Å². The smallest absolute Gasteiger partial charge is 0.309 e. The quantitative estimate of drug-likeness (QED) is 0.603. The third-order valence-electron chi connectivity index (χ3n) is 4.12. The van der Waals surface area contributed by atoms with Gasteiger partial charge in [-0.3, -0.25) is 4.79 Å². The molecule has 25 heavy (non-hydrogen) atoms. The predicted octanol–water partition coefficient (Wildman–Crippen LogP) is 5.16. The molecule has 2 aromatic carbocycles. The van der Waals surface area contributed by atoms with E-state index in [1.54, 1.807) is 6.07 Å². The maximum atomic E-state index is 13.1. The van der Waals surface area contributed by atoms with Gasteiger partial charge in [0.15, 0.2) is 0 Å². The van der Waals surface area contributed by atoms with Crippen molar-refractivity contribution >= 4 is 40.2 Å². The van der Waals surface area contributed by atoms with E-state index in [-0.39, 0.29) is 6.42 Å². The number of benzene rings is 2. The number of carboxylic acids is 1. The van der Waals surface area contributed by atoms with Crippen LogP contribution < -0.4 is 0 Å². The molecule has 0 aliphatic rings. The first-order valence-electron chi connectivity index (χ1n) is 7.73. The van der Waals surface area contributed by atoms with Gasteiger partial charge in [0.1, 0.15) is 6.67 Å². The van der Waals surface area contributed by atoms with Crippen LogP contribution in [0.3, 0.4) is 0 Å². The van der Waals surface area contributed by atoms with Crippen molar-refractivity contribution in [2.45, 2.75) is 24.5 Å². The van der Waals surface area contributed by atoms with E-state index >= 15 is 0 Å². The summed E-state index contributed by atoms with van der Waals surface area (Å²) in [6.07, 6.45) is 1.83. The maximum absolute atomic E-state index is 13.1. The second-order valence-electron chi connectivity index (χ2n) is 5.75. The van der Waals surface area contributed by atoms with Gasteiger partial charge in [0, 0.05) is 33.1 Å². The lowest BCUT2D eigenvalue weighted by atomic mass is 10.1. The normalized spacial score (nSPS) is 11.2. The van der Waals surface area contributed by atoms with E-state index in [1.807, 2.05) is 47.2 Å². The summed E-state index contributed by atoms with van der Waals surface area (Å²) in [7, 11) is 0. The molecule has 0 saturated heterocycles. The van der Waals surface area contributed by atoms with Crippen LogP contribution in [0.4, 0.5) is 4.39 Å². The number of rotatable bonds is 6. The lowest BCUT2D eigenvalue weighted by Crippen LogP contribution is -2.10. The van der Waals surface area contributed by atoms with Crippen LogP contribution in [-0.2, 0) is 24.4 Å². The number of hydrogen-bond acceptors (Lipinski definition) is 2. The molecule has 0 amide bonds. The van der Waals surface area contributed by atoms with Gasteiger partial charge in [-0.1, -0.05) is 29.8 Å². The standard InChI is InChI=1S/C19H17ClFNO2S/c1-25-19-15-8-13(10-21)4-7-16(15)22(17(19)9-18(23)24)11-12-2-5-14(20)6-3-12/h2-8H,9-11H2,1H3,(H,23,24). The summed E-state index contributed by atoms with van der Waals surface area (Å²) in [5.41, 5.74) is 3.26. The molecule has 3 rings (SSSR count). The average Bonchev–Trinajstić information content (AvgIpc) is 2.88. The van der Waals surface area contributed by atoms with Crippen LogP contribution in [0, 0.1) is 0 Å². The molecule has 0 bridgehead atoms. The Hall–Kier alpha value is -1.98. The minimum Gasteiger partial charge on any atom is -0.481 e. The second-order valence-corrected chi connectivity index (χ2v) is 7.00. The van der Waals surface area contributed by atoms with Gasteiger partial charge in [0.05, 0.1) is 6.42 Å². The molecule has 3 nitrogen and oxygen atoms in total. The van der Waals surface area contributed by atoms with Crippen molar-refractivity contribution in [3.63, 3.8) is 0 Å². The number of aromatic nitrogens is 1. The molecule has 0 aliphatic carbocycles. The molecule has 0 unspecified atom stereocenters. The third kappa shape index (κ3) is 3.67. The zero-order chi connectivity index (χ0) is 18.0. The zero-order valence-electron chi connectivity index (χ0n) is 13.6. The Morgan fingerprint density at radius 3 is 2.48 bits per heavy atom. The molecule has 1 N–H and O–H groups in total. The summed E-state index contributed by atoms with van der Waals surface area (Å²) in [6, 6.07) is 12.9. The highest BCUT2D eigenvalue weighted by Gasteiger charge is 2.19. The lowest BCUT2D eigenvalue weighted by Gasteiger charge is -2.11. The minimum atomic E-state index is -0.888. The number of carboxylic acid groups (broad SMARTS) is 1. The van der Waals surface area contributed by atoms with Crippen molar-refractivity contribution in [3.8, 4) is 0 Å². The van der Waals surface area contributed by atoms with Crippen molar-refractivity contribution in [2.24, 2.45) is 0 Å². The second kappa shape index (κ2) is 7.50. The highest BCUT2D eigenvalue weighted by Crippen LogP contribution is 2.35. The van der Waals surface area contributed by atoms with E-state index in [2.05, 4.69) is 0 Å². The highest BCUT2D eigenvalue weighted by atomic mass is 35.5. The van der Waals surface area contributed by atoms with Crippen LogP contribution in [0.15, 0.2) is 47.4 Å². The van der Waals surface area contributed by atoms with Gasteiger partial charge in [0.25, 0.3) is 0 Å². The first kappa shape index (κ1) is 17.8. The zero-order valence-corrected chi connectivity index (χ0v) is 15.2. The fourth-order valence-corrected chi connectivity index (χ4v) is 3.93. The number of carbonyl (C=O) groups is 1. The minimum absolute atomic E-state index is 0.0800. The van der Waals surface area contributed by atoms with Crippen molar-refractivity contribution < 1.29 is 14.3 Å². The molecule has 0 spiro atoms. The number of nitrogens with zero attached hydrogens (tertiary/aromatic N) is 1. The Balaban J connectivity index is 2.19. The van der Waals surface area contributed by atoms with Gasteiger partial charge in [-0.15, -0.1) is 11.8 Å². The molecule has 130 valence electrons. The van der Waals surface area contributed by atoms with Gasteiger partial charge in [-0.05, 0) is 41.6 Å². The molecule has 6 heteroatoms. The maximum Gasteiger partial charge on any atom is 0.309 e. The van der Waals surface area contributed by atoms with Crippen LogP contribution >= 0.6 is 23.4 Å². The van der Waals surface area contributed by atoms with E-state index in [9.17, 15) is 14.3 Å². The van der Waals surface area contributed by atoms with Crippen LogP contribution in [0.2, 0.25) is 5.02 Å². The number of hydrogen-bond donors (Lipinski definition) is 1. The number of aliphatic carboxylic acids is 1. The van der Waals surface area contributed by atoms with E-state index in [0.717, 1.165) is 27.1 Å². The lowest BCUT2D eigenvalue weighted by molar-refractivity contribution is -0.136.